The normalized spacial score (nSPS) is 14.2. The number of likely N-dealkylation sites (tertiary alicyclic amines) is 1. The van der Waals surface area contributed by atoms with Gasteiger partial charge in [-0.25, -0.2) is 9.78 Å². The van der Waals surface area contributed by atoms with Crippen molar-refractivity contribution in [3.05, 3.63) is 11.1 Å². The molecule has 0 saturated carbocycles. The van der Waals surface area contributed by atoms with E-state index in [1.54, 1.807) is 11.1 Å². The fourth-order valence-electron chi connectivity index (χ4n) is 1.69. The minimum atomic E-state index is -0.0864. The molecule has 96 valence electrons. The van der Waals surface area contributed by atoms with Crippen LogP contribution in [0.15, 0.2) is 6.20 Å². The number of hydrogen-bond donors (Lipinski definition) is 2. The molecule has 1 aromatic heterocycles. The zero-order chi connectivity index (χ0) is 12.8. The summed E-state index contributed by atoms with van der Waals surface area (Å²) < 4.78 is 0. The SMILES string of the molecule is O=C(Nc1ncc(C#CCCO)s1)N1CCCC1. The molecule has 1 fully saturated rings. The predicted octanol–water partition coefficient (Wildman–Crippen LogP) is 1.50. The Morgan fingerprint density at radius 1 is 1.56 bits per heavy atom. The topological polar surface area (TPSA) is 65.5 Å². The van der Waals surface area contributed by atoms with Crippen molar-refractivity contribution in [2.75, 3.05) is 25.0 Å². The largest absolute Gasteiger partial charge is 0.395 e. The maximum absolute atomic E-state index is 11.8. The van der Waals surface area contributed by atoms with Crippen molar-refractivity contribution in [1.29, 1.82) is 0 Å². The van der Waals surface area contributed by atoms with Crippen LogP contribution in [0.25, 0.3) is 0 Å². The van der Waals surface area contributed by atoms with E-state index in [1.807, 2.05) is 0 Å². The van der Waals surface area contributed by atoms with Gasteiger partial charge in [0.15, 0.2) is 5.13 Å². The second kappa shape index (κ2) is 6.38. The van der Waals surface area contributed by atoms with Crippen LogP contribution in [0.3, 0.4) is 0 Å². The molecule has 0 radical (unpaired) electrons. The smallest absolute Gasteiger partial charge is 0.323 e. The van der Waals surface area contributed by atoms with Crippen LogP contribution >= 0.6 is 11.3 Å². The van der Waals surface area contributed by atoms with Gasteiger partial charge in [-0.2, -0.15) is 0 Å². The van der Waals surface area contributed by atoms with Crippen molar-refractivity contribution in [2.24, 2.45) is 0 Å². The standard InChI is InChI=1S/C12H15N3O2S/c16-8-4-1-5-10-9-13-11(18-10)14-12(17)15-6-2-3-7-15/h9,16H,2-4,6-8H2,(H,13,14,17). The molecule has 5 nitrogen and oxygen atoms in total. The Balaban J connectivity index is 1.90. The Bertz CT molecular complexity index is 469. The number of nitrogens with zero attached hydrogens (tertiary/aromatic N) is 2. The summed E-state index contributed by atoms with van der Waals surface area (Å²) in [7, 11) is 0. The fourth-order valence-corrected chi connectivity index (χ4v) is 2.37. The minimum absolute atomic E-state index is 0.0599. The Morgan fingerprint density at radius 3 is 3.06 bits per heavy atom. The second-order valence-corrected chi connectivity index (χ2v) is 4.96. The molecule has 1 aromatic rings. The van der Waals surface area contributed by atoms with Crippen molar-refractivity contribution in [2.45, 2.75) is 19.3 Å². The molecule has 0 aliphatic carbocycles. The van der Waals surface area contributed by atoms with Gasteiger partial charge >= 0.3 is 6.03 Å². The van der Waals surface area contributed by atoms with Gasteiger partial charge in [0, 0.05) is 19.5 Å². The van der Waals surface area contributed by atoms with Crippen LogP contribution in [0.5, 0.6) is 0 Å². The van der Waals surface area contributed by atoms with E-state index < -0.39 is 0 Å². The molecule has 1 saturated heterocycles. The highest BCUT2D eigenvalue weighted by atomic mass is 32.1. The Morgan fingerprint density at radius 2 is 2.33 bits per heavy atom. The van der Waals surface area contributed by atoms with Gasteiger partial charge < -0.3 is 10.0 Å². The van der Waals surface area contributed by atoms with E-state index in [0.29, 0.717) is 11.6 Å². The first-order valence-corrected chi connectivity index (χ1v) is 6.73. The van der Waals surface area contributed by atoms with E-state index >= 15 is 0 Å². The lowest BCUT2D eigenvalue weighted by Crippen LogP contribution is -2.32. The van der Waals surface area contributed by atoms with Crippen LogP contribution in [-0.4, -0.2) is 40.7 Å². The third-order valence-electron chi connectivity index (χ3n) is 2.56. The number of aromatic nitrogens is 1. The summed E-state index contributed by atoms with van der Waals surface area (Å²) in [5.41, 5.74) is 0. The zero-order valence-electron chi connectivity index (χ0n) is 9.98. The van der Waals surface area contributed by atoms with E-state index in [1.165, 1.54) is 11.3 Å². The van der Waals surface area contributed by atoms with Crippen LogP contribution in [0.1, 0.15) is 24.1 Å². The molecule has 0 atom stereocenters. The number of aliphatic hydroxyl groups excluding tert-OH is 1. The maximum Gasteiger partial charge on any atom is 0.323 e. The van der Waals surface area contributed by atoms with Gasteiger partial charge in [-0.3, -0.25) is 5.32 Å². The van der Waals surface area contributed by atoms with Crippen LogP contribution < -0.4 is 5.32 Å². The summed E-state index contributed by atoms with van der Waals surface area (Å²) in [5, 5.41) is 12.0. The van der Waals surface area contributed by atoms with Gasteiger partial charge in [-0.1, -0.05) is 23.2 Å². The minimum Gasteiger partial charge on any atom is -0.395 e. The quantitative estimate of drug-likeness (QED) is 0.797. The molecule has 2 heterocycles. The number of rotatable bonds is 2. The van der Waals surface area contributed by atoms with Gasteiger partial charge in [0.05, 0.1) is 17.7 Å². The van der Waals surface area contributed by atoms with Crippen LogP contribution in [0.2, 0.25) is 0 Å². The van der Waals surface area contributed by atoms with Crippen molar-refractivity contribution in [1.82, 2.24) is 9.88 Å². The molecule has 6 heteroatoms. The van der Waals surface area contributed by atoms with Crippen molar-refractivity contribution in [3.63, 3.8) is 0 Å². The lowest BCUT2D eigenvalue weighted by Gasteiger charge is -2.14. The van der Waals surface area contributed by atoms with Crippen molar-refractivity contribution in [3.8, 4) is 11.8 Å². The molecular weight excluding hydrogens is 250 g/mol. The molecular formula is C12H15N3O2S. The number of hydrogen-bond acceptors (Lipinski definition) is 4. The average Bonchev–Trinajstić information content (AvgIpc) is 3.00. The van der Waals surface area contributed by atoms with Gasteiger partial charge in [0.25, 0.3) is 0 Å². The number of nitrogens with one attached hydrogen (secondary N) is 1. The molecule has 2 N–H and O–H groups in total. The first kappa shape index (κ1) is 12.9. The highest BCUT2D eigenvalue weighted by Crippen LogP contribution is 2.18. The van der Waals surface area contributed by atoms with E-state index in [-0.39, 0.29) is 12.6 Å². The summed E-state index contributed by atoms with van der Waals surface area (Å²) in [6.45, 7) is 1.70. The summed E-state index contributed by atoms with van der Waals surface area (Å²) in [6.07, 6.45) is 4.23. The number of carbonyl (C=O) groups excluding carboxylic acids is 1. The highest BCUT2D eigenvalue weighted by molar-refractivity contribution is 7.16. The Labute approximate surface area is 110 Å². The third kappa shape index (κ3) is 3.45. The molecule has 2 rings (SSSR count). The maximum atomic E-state index is 11.8. The second-order valence-electron chi connectivity index (χ2n) is 3.93. The highest BCUT2D eigenvalue weighted by Gasteiger charge is 2.18. The predicted molar refractivity (Wildman–Crippen MR) is 70.5 cm³/mol. The molecule has 1 aliphatic rings. The van der Waals surface area contributed by atoms with Crippen LogP contribution in [-0.2, 0) is 0 Å². The van der Waals surface area contributed by atoms with Crippen LogP contribution in [0, 0.1) is 11.8 Å². The fraction of sp³-hybridized carbons (Fsp3) is 0.500. The Hall–Kier alpha value is -1.58. The lowest BCUT2D eigenvalue weighted by atomic mass is 10.4. The molecule has 0 bridgehead atoms. The van der Waals surface area contributed by atoms with Gasteiger partial charge in [-0.05, 0) is 12.8 Å². The monoisotopic (exact) mass is 265 g/mol. The number of aliphatic hydroxyl groups is 1. The molecule has 18 heavy (non-hydrogen) atoms. The first-order chi connectivity index (χ1) is 8.79. The Kier molecular flexibility index (Phi) is 4.56. The molecule has 0 unspecified atom stereocenters. The van der Waals surface area contributed by atoms with Crippen molar-refractivity contribution < 1.29 is 9.90 Å². The molecule has 0 spiro atoms. The van der Waals surface area contributed by atoms with E-state index in [9.17, 15) is 4.79 Å². The van der Waals surface area contributed by atoms with E-state index in [2.05, 4.69) is 22.1 Å². The van der Waals surface area contributed by atoms with E-state index in [0.717, 1.165) is 30.8 Å². The molecule has 1 aliphatic heterocycles. The van der Waals surface area contributed by atoms with Gasteiger partial charge in [0.1, 0.15) is 0 Å². The number of thiazole rings is 1. The number of anilines is 1. The average molecular weight is 265 g/mol. The van der Waals surface area contributed by atoms with E-state index in [4.69, 9.17) is 5.11 Å². The zero-order valence-corrected chi connectivity index (χ0v) is 10.8. The number of amides is 2. The summed E-state index contributed by atoms with van der Waals surface area (Å²) in [5.74, 6) is 5.71. The third-order valence-corrected chi connectivity index (χ3v) is 3.39. The summed E-state index contributed by atoms with van der Waals surface area (Å²) in [6, 6.07) is -0.0864. The summed E-state index contributed by atoms with van der Waals surface area (Å²) >= 11 is 1.35. The van der Waals surface area contributed by atoms with Crippen LogP contribution in [0.4, 0.5) is 9.93 Å². The number of urea groups is 1. The number of carbonyl (C=O) groups is 1. The molecule has 2 amide bonds. The summed E-state index contributed by atoms with van der Waals surface area (Å²) in [4.78, 5) is 18.5. The first-order valence-electron chi connectivity index (χ1n) is 5.91. The van der Waals surface area contributed by atoms with Gasteiger partial charge in [0.2, 0.25) is 0 Å². The van der Waals surface area contributed by atoms with Gasteiger partial charge in [-0.15, -0.1) is 0 Å². The van der Waals surface area contributed by atoms with Crippen molar-refractivity contribution >= 4 is 22.5 Å². The lowest BCUT2D eigenvalue weighted by molar-refractivity contribution is 0.222. The molecule has 0 aromatic carbocycles.